The molecular weight excluding hydrogens is 375 g/mol. The van der Waals surface area contributed by atoms with Crippen LogP contribution >= 0.6 is 23.2 Å². The molecule has 3 aromatic rings. The molecule has 1 amide bonds. The molecule has 0 bridgehead atoms. The molecule has 0 aliphatic carbocycles. The van der Waals surface area contributed by atoms with E-state index >= 15 is 0 Å². The van der Waals surface area contributed by atoms with Gasteiger partial charge < -0.3 is 14.6 Å². The van der Waals surface area contributed by atoms with E-state index in [0.717, 1.165) is 5.52 Å². The zero-order valence-electron chi connectivity index (χ0n) is 14.2. The molecule has 0 unspecified atom stereocenters. The van der Waals surface area contributed by atoms with E-state index in [2.05, 4.69) is 5.32 Å². The smallest absolute Gasteiger partial charge is 0.261 e. The van der Waals surface area contributed by atoms with Crippen LogP contribution in [0.15, 0.2) is 47.4 Å². The summed E-state index contributed by atoms with van der Waals surface area (Å²) in [5, 5.41) is 3.81. The first-order chi connectivity index (χ1) is 12.4. The normalized spacial score (nSPS) is 10.8. The van der Waals surface area contributed by atoms with Gasteiger partial charge >= 0.3 is 0 Å². The lowest BCUT2D eigenvalue weighted by atomic mass is 10.1. The first-order valence-corrected chi connectivity index (χ1v) is 8.67. The van der Waals surface area contributed by atoms with Crippen LogP contribution in [0.2, 0.25) is 10.0 Å². The number of carbonyl (C=O) groups is 1. The van der Waals surface area contributed by atoms with Gasteiger partial charge in [-0.05, 0) is 43.3 Å². The lowest BCUT2D eigenvalue weighted by Crippen LogP contribution is -2.24. The van der Waals surface area contributed by atoms with E-state index in [0.29, 0.717) is 33.4 Å². The highest BCUT2D eigenvalue weighted by Crippen LogP contribution is 2.25. The Labute approximate surface area is 160 Å². The number of ether oxygens (including phenoxy) is 1. The molecule has 0 saturated carbocycles. The number of amides is 1. The second-order valence-electron chi connectivity index (χ2n) is 5.62. The molecule has 1 heterocycles. The number of hydrogen-bond acceptors (Lipinski definition) is 3. The third-order valence-corrected chi connectivity index (χ3v) is 4.79. The monoisotopic (exact) mass is 390 g/mol. The van der Waals surface area contributed by atoms with Gasteiger partial charge in [0.1, 0.15) is 11.3 Å². The van der Waals surface area contributed by atoms with Crippen molar-refractivity contribution in [2.75, 3.05) is 12.4 Å². The summed E-state index contributed by atoms with van der Waals surface area (Å²) >= 11 is 11.9. The van der Waals surface area contributed by atoms with Crippen LogP contribution in [0, 0.1) is 0 Å². The molecule has 1 N–H and O–H groups in total. The minimum atomic E-state index is -0.514. The van der Waals surface area contributed by atoms with Crippen LogP contribution in [0.5, 0.6) is 5.75 Å². The Morgan fingerprint density at radius 1 is 1.15 bits per heavy atom. The second-order valence-corrected chi connectivity index (χ2v) is 6.44. The zero-order chi connectivity index (χ0) is 18.8. The Hall–Kier alpha value is -2.50. The predicted molar refractivity (Wildman–Crippen MR) is 105 cm³/mol. The number of hydrogen-bond donors (Lipinski definition) is 1. The molecule has 5 nitrogen and oxygen atoms in total. The van der Waals surface area contributed by atoms with Crippen molar-refractivity contribution in [2.45, 2.75) is 13.5 Å². The summed E-state index contributed by atoms with van der Waals surface area (Å²) in [5.41, 5.74) is 0.877. The fraction of sp³-hybridized carbons (Fsp3) is 0.158. The number of pyridine rings is 1. The Balaban J connectivity index is 2.08. The van der Waals surface area contributed by atoms with Crippen molar-refractivity contribution in [1.82, 2.24) is 4.57 Å². The maximum Gasteiger partial charge on any atom is 0.261 e. The number of carbonyl (C=O) groups excluding carboxylic acids is 1. The third-order valence-electron chi connectivity index (χ3n) is 4.05. The number of nitrogens with zero attached hydrogens (tertiary/aromatic N) is 1. The number of anilines is 1. The van der Waals surface area contributed by atoms with Crippen LogP contribution in [0.25, 0.3) is 10.9 Å². The van der Waals surface area contributed by atoms with E-state index in [1.807, 2.05) is 11.5 Å². The largest absolute Gasteiger partial charge is 0.497 e. The minimum absolute atomic E-state index is 0.0404. The molecule has 3 rings (SSSR count). The molecule has 134 valence electrons. The van der Waals surface area contributed by atoms with Crippen molar-refractivity contribution in [3.05, 3.63) is 68.4 Å². The van der Waals surface area contributed by atoms with Crippen molar-refractivity contribution in [3.8, 4) is 5.75 Å². The number of halogens is 2. The maximum atomic E-state index is 12.8. The molecule has 0 atom stereocenters. The summed E-state index contributed by atoms with van der Waals surface area (Å²) in [6.45, 7) is 2.55. The molecule has 0 fully saturated rings. The van der Waals surface area contributed by atoms with Gasteiger partial charge in [-0.15, -0.1) is 0 Å². The Bertz CT molecular complexity index is 1060. The number of benzene rings is 2. The fourth-order valence-corrected chi connectivity index (χ4v) is 3.00. The molecule has 26 heavy (non-hydrogen) atoms. The van der Waals surface area contributed by atoms with Crippen LogP contribution in [-0.2, 0) is 6.54 Å². The summed E-state index contributed by atoms with van der Waals surface area (Å²) in [6, 6.07) is 9.96. The Kier molecular flexibility index (Phi) is 5.20. The molecule has 1 aromatic heterocycles. The number of nitrogens with one attached hydrogen (secondary N) is 1. The van der Waals surface area contributed by atoms with Crippen LogP contribution in [0.4, 0.5) is 5.69 Å². The van der Waals surface area contributed by atoms with Crippen LogP contribution in [0.1, 0.15) is 17.3 Å². The lowest BCUT2D eigenvalue weighted by Gasteiger charge is -2.13. The SMILES string of the molecule is CCn1cc(C(=O)Nc2ccc(Cl)c(Cl)c2)c(=O)c2cc(OC)ccc21. The number of aromatic nitrogens is 1. The lowest BCUT2D eigenvalue weighted by molar-refractivity contribution is 0.102. The quantitative estimate of drug-likeness (QED) is 0.708. The summed E-state index contributed by atoms with van der Waals surface area (Å²) < 4.78 is 7.04. The standard InChI is InChI=1S/C19H16Cl2N2O3/c1-3-23-10-14(18(24)13-9-12(26-2)5-7-17(13)23)19(25)22-11-4-6-15(20)16(21)8-11/h4-10H,3H2,1-2H3,(H,22,25). The molecule has 0 aliphatic heterocycles. The van der Waals surface area contributed by atoms with Gasteiger partial charge in [0, 0.05) is 18.4 Å². The number of methoxy groups -OCH3 is 1. The summed E-state index contributed by atoms with van der Waals surface area (Å²) in [7, 11) is 1.53. The summed E-state index contributed by atoms with van der Waals surface area (Å²) in [5.74, 6) is 0.0413. The van der Waals surface area contributed by atoms with Gasteiger partial charge in [-0.25, -0.2) is 0 Å². The minimum Gasteiger partial charge on any atom is -0.497 e. The predicted octanol–water partition coefficient (Wildman–Crippen LogP) is 4.59. The van der Waals surface area contributed by atoms with E-state index in [1.54, 1.807) is 36.5 Å². The summed E-state index contributed by atoms with van der Waals surface area (Å²) in [6.07, 6.45) is 1.56. The highest BCUT2D eigenvalue weighted by molar-refractivity contribution is 6.42. The van der Waals surface area contributed by atoms with Gasteiger partial charge in [-0.1, -0.05) is 23.2 Å². The third kappa shape index (κ3) is 3.41. The van der Waals surface area contributed by atoms with Crippen molar-refractivity contribution in [3.63, 3.8) is 0 Å². The molecule has 0 radical (unpaired) electrons. The first-order valence-electron chi connectivity index (χ1n) is 7.92. The first kappa shape index (κ1) is 18.3. The van der Waals surface area contributed by atoms with Gasteiger partial charge in [-0.2, -0.15) is 0 Å². The topological polar surface area (TPSA) is 60.3 Å². The highest BCUT2D eigenvalue weighted by Gasteiger charge is 2.16. The van der Waals surface area contributed by atoms with Crippen LogP contribution in [-0.4, -0.2) is 17.6 Å². The van der Waals surface area contributed by atoms with Crippen molar-refractivity contribution >= 4 is 45.7 Å². The second kappa shape index (κ2) is 7.40. The van der Waals surface area contributed by atoms with E-state index in [9.17, 15) is 9.59 Å². The van der Waals surface area contributed by atoms with Gasteiger partial charge in [-0.3, -0.25) is 9.59 Å². The average Bonchev–Trinajstić information content (AvgIpc) is 2.64. The van der Waals surface area contributed by atoms with Gasteiger partial charge in [0.15, 0.2) is 0 Å². The molecule has 0 saturated heterocycles. The van der Waals surface area contributed by atoms with Gasteiger partial charge in [0.2, 0.25) is 5.43 Å². The summed E-state index contributed by atoms with van der Waals surface area (Å²) in [4.78, 5) is 25.5. The fourth-order valence-electron chi connectivity index (χ4n) is 2.70. The molecule has 2 aromatic carbocycles. The number of rotatable bonds is 4. The molecule has 0 spiro atoms. The molecule has 0 aliphatic rings. The van der Waals surface area contributed by atoms with Crippen molar-refractivity contribution < 1.29 is 9.53 Å². The Morgan fingerprint density at radius 3 is 2.58 bits per heavy atom. The van der Waals surface area contributed by atoms with Gasteiger partial charge in [0.05, 0.1) is 28.1 Å². The van der Waals surface area contributed by atoms with E-state index in [4.69, 9.17) is 27.9 Å². The Morgan fingerprint density at radius 2 is 1.92 bits per heavy atom. The van der Waals surface area contributed by atoms with Crippen molar-refractivity contribution in [2.24, 2.45) is 0 Å². The van der Waals surface area contributed by atoms with Crippen LogP contribution in [0.3, 0.4) is 0 Å². The molecule has 7 heteroatoms. The number of aryl methyl sites for hydroxylation is 1. The average molecular weight is 391 g/mol. The van der Waals surface area contributed by atoms with Gasteiger partial charge in [0.25, 0.3) is 5.91 Å². The highest BCUT2D eigenvalue weighted by atomic mass is 35.5. The molecular formula is C19H16Cl2N2O3. The van der Waals surface area contributed by atoms with E-state index in [-0.39, 0.29) is 11.0 Å². The van der Waals surface area contributed by atoms with Crippen molar-refractivity contribution in [1.29, 1.82) is 0 Å². The maximum absolute atomic E-state index is 12.8. The van der Waals surface area contributed by atoms with E-state index < -0.39 is 5.91 Å². The van der Waals surface area contributed by atoms with E-state index in [1.165, 1.54) is 13.2 Å². The number of fused-ring (bicyclic) bond motifs is 1. The zero-order valence-corrected chi connectivity index (χ0v) is 15.7. The van der Waals surface area contributed by atoms with Crippen LogP contribution < -0.4 is 15.5 Å².